The third-order valence-electron chi connectivity index (χ3n) is 2.33. The lowest BCUT2D eigenvalue weighted by Crippen LogP contribution is -2.02. The maximum Gasteiger partial charge on any atom is 0.305 e. The number of esters is 1. The summed E-state index contributed by atoms with van der Waals surface area (Å²) in [5.41, 5.74) is 2.29. The van der Waals surface area contributed by atoms with Crippen LogP contribution in [0.5, 0.6) is 0 Å². The molecule has 0 atom stereocenters. The monoisotopic (exact) mass is 207 g/mol. The van der Waals surface area contributed by atoms with E-state index in [1.165, 1.54) is 12.7 Å². The fourth-order valence-electron chi connectivity index (χ4n) is 1.39. The Morgan fingerprint density at radius 2 is 2.27 bits per heavy atom. The van der Waals surface area contributed by atoms with Gasteiger partial charge in [-0.25, -0.2) is 0 Å². The van der Waals surface area contributed by atoms with Gasteiger partial charge in [0.25, 0.3) is 0 Å². The molecule has 0 spiro atoms. The lowest BCUT2D eigenvalue weighted by Gasteiger charge is -2.00. The van der Waals surface area contributed by atoms with Crippen molar-refractivity contribution in [2.24, 2.45) is 0 Å². The maximum absolute atomic E-state index is 11.0. The lowest BCUT2D eigenvalue weighted by atomic mass is 10.1. The topological polar surface area (TPSA) is 38.3 Å². The van der Waals surface area contributed by atoms with E-state index < -0.39 is 0 Å². The summed E-state index contributed by atoms with van der Waals surface area (Å²) in [5, 5.41) is 3.09. The molecular weight excluding hydrogens is 190 g/mol. The quantitative estimate of drug-likeness (QED) is 0.716. The zero-order valence-corrected chi connectivity index (χ0v) is 9.25. The Kier molecular flexibility index (Phi) is 4.68. The van der Waals surface area contributed by atoms with Crippen LogP contribution >= 0.6 is 0 Å². The molecule has 3 heteroatoms. The van der Waals surface area contributed by atoms with Gasteiger partial charge in [-0.1, -0.05) is 23.8 Å². The van der Waals surface area contributed by atoms with Crippen molar-refractivity contribution in [3.63, 3.8) is 0 Å². The van der Waals surface area contributed by atoms with Crippen LogP contribution in [-0.4, -0.2) is 20.1 Å². The van der Waals surface area contributed by atoms with E-state index in [9.17, 15) is 4.79 Å². The molecule has 0 radical (unpaired) electrons. The van der Waals surface area contributed by atoms with Crippen LogP contribution in [0.1, 0.15) is 19.3 Å². The Labute approximate surface area is 90.5 Å². The number of methoxy groups -OCH3 is 1. The number of allylic oxidation sites excluding steroid dienone is 5. The second-order valence-electron chi connectivity index (χ2n) is 3.33. The average molecular weight is 207 g/mol. The van der Waals surface area contributed by atoms with Crippen molar-refractivity contribution >= 4 is 5.97 Å². The van der Waals surface area contributed by atoms with Crippen molar-refractivity contribution in [2.45, 2.75) is 19.3 Å². The van der Waals surface area contributed by atoms with E-state index in [1.807, 2.05) is 19.2 Å². The summed E-state index contributed by atoms with van der Waals surface area (Å²) in [7, 11) is 3.32. The molecule has 0 heterocycles. The van der Waals surface area contributed by atoms with Crippen LogP contribution in [0, 0.1) is 0 Å². The maximum atomic E-state index is 11.0. The van der Waals surface area contributed by atoms with E-state index in [1.54, 1.807) is 0 Å². The molecule has 1 aliphatic carbocycles. The Morgan fingerprint density at radius 1 is 1.47 bits per heavy atom. The van der Waals surface area contributed by atoms with Gasteiger partial charge in [0.05, 0.1) is 7.11 Å². The fourth-order valence-corrected chi connectivity index (χ4v) is 1.39. The van der Waals surface area contributed by atoms with E-state index >= 15 is 0 Å². The van der Waals surface area contributed by atoms with Gasteiger partial charge in [0.1, 0.15) is 0 Å². The second kappa shape index (κ2) is 6.06. The van der Waals surface area contributed by atoms with Gasteiger partial charge < -0.3 is 10.1 Å². The Bertz CT molecular complexity index is 314. The van der Waals surface area contributed by atoms with Gasteiger partial charge in [0.2, 0.25) is 0 Å². The van der Waals surface area contributed by atoms with Crippen molar-refractivity contribution in [2.75, 3.05) is 14.2 Å². The van der Waals surface area contributed by atoms with Gasteiger partial charge in [-0.3, -0.25) is 4.79 Å². The van der Waals surface area contributed by atoms with E-state index in [4.69, 9.17) is 0 Å². The van der Waals surface area contributed by atoms with Crippen molar-refractivity contribution < 1.29 is 9.53 Å². The first-order valence-electron chi connectivity index (χ1n) is 5.08. The largest absolute Gasteiger partial charge is 0.469 e. The highest BCUT2D eigenvalue weighted by atomic mass is 16.5. The molecule has 0 aromatic heterocycles. The first kappa shape index (κ1) is 11.6. The lowest BCUT2D eigenvalue weighted by molar-refractivity contribution is -0.140. The number of ether oxygens (including phenoxy) is 1. The fraction of sp³-hybridized carbons (Fsp3) is 0.417. The zero-order chi connectivity index (χ0) is 11.1. The molecule has 0 saturated carbocycles. The first-order valence-corrected chi connectivity index (χ1v) is 5.08. The predicted molar refractivity (Wildman–Crippen MR) is 60.2 cm³/mol. The van der Waals surface area contributed by atoms with Gasteiger partial charge in [0.15, 0.2) is 0 Å². The summed E-state index contributed by atoms with van der Waals surface area (Å²) in [6, 6.07) is 0. The minimum Gasteiger partial charge on any atom is -0.469 e. The number of rotatable bonds is 4. The highest BCUT2D eigenvalue weighted by Gasteiger charge is 2.03. The molecule has 15 heavy (non-hydrogen) atoms. The van der Waals surface area contributed by atoms with Crippen LogP contribution in [0.3, 0.4) is 0 Å². The van der Waals surface area contributed by atoms with E-state index in [0.717, 1.165) is 18.5 Å². The van der Waals surface area contributed by atoms with Crippen molar-refractivity contribution in [1.82, 2.24) is 5.32 Å². The van der Waals surface area contributed by atoms with Crippen LogP contribution in [0.25, 0.3) is 0 Å². The number of carbonyl (C=O) groups is 1. The first-order chi connectivity index (χ1) is 7.26. The van der Waals surface area contributed by atoms with E-state index in [0.29, 0.717) is 6.42 Å². The smallest absolute Gasteiger partial charge is 0.305 e. The minimum atomic E-state index is -0.157. The summed E-state index contributed by atoms with van der Waals surface area (Å²) < 4.78 is 4.60. The van der Waals surface area contributed by atoms with Crippen molar-refractivity contribution in [1.29, 1.82) is 0 Å². The van der Waals surface area contributed by atoms with Gasteiger partial charge >= 0.3 is 5.97 Å². The molecule has 1 aliphatic rings. The highest BCUT2D eigenvalue weighted by molar-refractivity contribution is 5.69. The van der Waals surface area contributed by atoms with Crippen molar-refractivity contribution in [3.8, 4) is 0 Å². The zero-order valence-electron chi connectivity index (χ0n) is 9.25. The SMILES string of the molecule is CNC1=CCC=C(CCC(=O)OC)C=C1. The summed E-state index contributed by atoms with van der Waals surface area (Å²) in [6.45, 7) is 0. The Balaban J connectivity index is 2.45. The van der Waals surface area contributed by atoms with Gasteiger partial charge in [-0.2, -0.15) is 0 Å². The number of hydrogen-bond acceptors (Lipinski definition) is 3. The number of hydrogen-bond donors (Lipinski definition) is 1. The minimum absolute atomic E-state index is 0.157. The normalized spacial score (nSPS) is 15.1. The molecule has 0 fully saturated rings. The molecule has 0 saturated heterocycles. The van der Waals surface area contributed by atoms with Gasteiger partial charge in [0, 0.05) is 19.2 Å². The Morgan fingerprint density at radius 3 is 2.93 bits per heavy atom. The molecule has 0 unspecified atom stereocenters. The van der Waals surface area contributed by atoms with Crippen LogP contribution in [0.15, 0.2) is 35.6 Å². The highest BCUT2D eigenvalue weighted by Crippen LogP contribution is 2.13. The third kappa shape index (κ3) is 4.02. The number of nitrogens with one attached hydrogen (secondary N) is 1. The molecular formula is C12H17NO2. The molecule has 0 aliphatic heterocycles. The second-order valence-corrected chi connectivity index (χ2v) is 3.33. The average Bonchev–Trinajstić information content (AvgIpc) is 2.50. The summed E-state index contributed by atoms with van der Waals surface area (Å²) >= 11 is 0. The molecule has 82 valence electrons. The van der Waals surface area contributed by atoms with Crippen LogP contribution < -0.4 is 5.32 Å². The van der Waals surface area contributed by atoms with Gasteiger partial charge in [-0.15, -0.1) is 0 Å². The Hall–Kier alpha value is -1.51. The molecule has 1 N–H and O–H groups in total. The van der Waals surface area contributed by atoms with Crippen LogP contribution in [0.4, 0.5) is 0 Å². The third-order valence-corrected chi connectivity index (χ3v) is 2.33. The summed E-state index contributed by atoms with van der Waals surface area (Å²) in [4.78, 5) is 11.0. The molecule has 0 bridgehead atoms. The van der Waals surface area contributed by atoms with Crippen molar-refractivity contribution in [3.05, 3.63) is 35.6 Å². The molecule has 0 aromatic rings. The molecule has 0 aromatic carbocycles. The molecule has 1 rings (SSSR count). The van der Waals surface area contributed by atoms with Crippen LogP contribution in [-0.2, 0) is 9.53 Å². The standard InChI is InChI=1S/C12H17NO2/c1-13-11-5-3-4-10(6-8-11)7-9-12(14)15-2/h4-6,8,13H,3,7,9H2,1-2H3. The summed E-state index contributed by atoms with van der Waals surface area (Å²) in [6.07, 6.45) is 10.4. The van der Waals surface area contributed by atoms with Crippen LogP contribution in [0.2, 0.25) is 0 Å². The van der Waals surface area contributed by atoms with E-state index in [-0.39, 0.29) is 5.97 Å². The summed E-state index contributed by atoms with van der Waals surface area (Å²) in [5.74, 6) is -0.157. The predicted octanol–water partition coefficient (Wildman–Crippen LogP) is 1.93. The molecule has 3 nitrogen and oxygen atoms in total. The number of likely N-dealkylation sites (N-methyl/N-ethyl adjacent to an activating group) is 1. The van der Waals surface area contributed by atoms with Gasteiger partial charge in [-0.05, 0) is 18.9 Å². The number of carbonyl (C=O) groups excluding carboxylic acids is 1. The van der Waals surface area contributed by atoms with E-state index in [2.05, 4.69) is 22.2 Å². The molecule has 0 amide bonds.